The maximum Gasteiger partial charge on any atom is 0.269 e. The van der Waals surface area contributed by atoms with E-state index < -0.39 is 4.92 Å². The first-order chi connectivity index (χ1) is 16.8. The lowest BCUT2D eigenvalue weighted by molar-refractivity contribution is -0.384. The zero-order chi connectivity index (χ0) is 24.9. The Labute approximate surface area is 202 Å². The van der Waals surface area contributed by atoms with Crippen LogP contribution in [0.3, 0.4) is 0 Å². The molecule has 0 unspecified atom stereocenters. The first-order valence-corrected chi connectivity index (χ1v) is 11.3. The van der Waals surface area contributed by atoms with Crippen molar-refractivity contribution >= 4 is 23.5 Å². The van der Waals surface area contributed by atoms with Crippen molar-refractivity contribution in [3.05, 3.63) is 98.7 Å². The van der Waals surface area contributed by atoms with Crippen LogP contribution in [-0.4, -0.2) is 51.9 Å². The molecule has 9 heteroatoms. The maximum absolute atomic E-state index is 13.7. The van der Waals surface area contributed by atoms with Crippen molar-refractivity contribution in [1.82, 2.24) is 14.9 Å². The molecular weight excluding hydrogens is 449 g/mol. The van der Waals surface area contributed by atoms with Gasteiger partial charge in [-0.15, -0.1) is 0 Å². The van der Waals surface area contributed by atoms with Gasteiger partial charge in [-0.1, -0.05) is 12.1 Å². The highest BCUT2D eigenvalue weighted by molar-refractivity contribution is 5.92. The molecule has 0 bridgehead atoms. The van der Waals surface area contributed by atoms with Crippen molar-refractivity contribution in [2.45, 2.75) is 20.3 Å². The predicted octanol–water partition coefficient (Wildman–Crippen LogP) is 4.09. The molecule has 1 saturated heterocycles. The van der Waals surface area contributed by atoms with Gasteiger partial charge < -0.3 is 9.80 Å². The van der Waals surface area contributed by atoms with E-state index in [1.165, 1.54) is 30.3 Å². The number of rotatable bonds is 6. The Kier molecular flexibility index (Phi) is 7.14. The summed E-state index contributed by atoms with van der Waals surface area (Å²) in [4.78, 5) is 36.1. The molecule has 0 atom stereocenters. The van der Waals surface area contributed by atoms with Crippen LogP contribution < -0.4 is 4.90 Å². The summed E-state index contributed by atoms with van der Waals surface area (Å²) in [5, 5.41) is 10.8. The van der Waals surface area contributed by atoms with Crippen LogP contribution >= 0.6 is 0 Å². The Morgan fingerprint density at radius 1 is 1.09 bits per heavy atom. The lowest BCUT2D eigenvalue weighted by Crippen LogP contribution is -2.49. The predicted molar refractivity (Wildman–Crippen MR) is 132 cm³/mol. The number of nitro benzene ring substituents is 1. The number of non-ortho nitro benzene ring substituents is 1. The fourth-order valence-corrected chi connectivity index (χ4v) is 4.16. The number of aromatic nitrogens is 2. The highest BCUT2D eigenvalue weighted by Gasteiger charge is 2.24. The first kappa shape index (κ1) is 24.0. The molecule has 3 aromatic rings. The fraction of sp³-hybridized carbons (Fsp3) is 0.269. The second-order valence-electron chi connectivity index (χ2n) is 8.46. The number of piperazine rings is 1. The van der Waals surface area contributed by atoms with E-state index in [1.54, 1.807) is 29.2 Å². The van der Waals surface area contributed by atoms with Crippen LogP contribution in [0.2, 0.25) is 0 Å². The minimum absolute atomic E-state index is 0.0107. The largest absolute Gasteiger partial charge is 0.353 e. The van der Waals surface area contributed by atoms with Gasteiger partial charge in [-0.25, -0.2) is 14.4 Å². The first-order valence-electron chi connectivity index (χ1n) is 11.3. The number of carbonyl (C=O) groups is 1. The summed E-state index contributed by atoms with van der Waals surface area (Å²) in [7, 11) is 0. The van der Waals surface area contributed by atoms with Crippen molar-refractivity contribution in [1.29, 1.82) is 0 Å². The molecule has 0 N–H and O–H groups in total. The summed E-state index contributed by atoms with van der Waals surface area (Å²) < 4.78 is 13.7. The van der Waals surface area contributed by atoms with Gasteiger partial charge in [-0.05, 0) is 55.3 Å². The summed E-state index contributed by atoms with van der Waals surface area (Å²) in [6.45, 7) is 6.09. The van der Waals surface area contributed by atoms with Gasteiger partial charge in [-0.2, -0.15) is 0 Å². The number of nitro groups is 1. The molecule has 1 amide bonds. The summed E-state index contributed by atoms with van der Waals surface area (Å²) >= 11 is 0. The minimum atomic E-state index is -0.456. The smallest absolute Gasteiger partial charge is 0.269 e. The summed E-state index contributed by atoms with van der Waals surface area (Å²) in [6.07, 6.45) is 3.67. The van der Waals surface area contributed by atoms with Crippen LogP contribution in [0.1, 0.15) is 28.2 Å². The average molecular weight is 476 g/mol. The van der Waals surface area contributed by atoms with E-state index in [1.807, 2.05) is 19.9 Å². The lowest BCUT2D eigenvalue weighted by atomic mass is 10.0. The van der Waals surface area contributed by atoms with Crippen molar-refractivity contribution in [2.75, 3.05) is 31.1 Å². The second kappa shape index (κ2) is 10.4. The van der Waals surface area contributed by atoms with E-state index in [4.69, 9.17) is 4.98 Å². The van der Waals surface area contributed by atoms with Gasteiger partial charge >= 0.3 is 0 Å². The van der Waals surface area contributed by atoms with E-state index in [9.17, 15) is 19.3 Å². The van der Waals surface area contributed by atoms with Crippen LogP contribution in [-0.2, 0) is 11.2 Å². The molecule has 2 aromatic carbocycles. The molecule has 0 aliphatic carbocycles. The molecule has 35 heavy (non-hydrogen) atoms. The lowest BCUT2D eigenvalue weighted by Gasteiger charge is -2.36. The number of anilines is 1. The quantitative estimate of drug-likeness (QED) is 0.303. The SMILES string of the molecule is Cc1nc(C)c(Cc2cccc(F)c2)c(N2CCN(C(=O)/C=C/c3ccc([N+](=O)[O-])cc3)CC2)n1. The van der Waals surface area contributed by atoms with Gasteiger partial charge in [0.05, 0.1) is 4.92 Å². The molecule has 1 aliphatic rings. The minimum Gasteiger partial charge on any atom is -0.353 e. The number of nitrogens with zero attached hydrogens (tertiary/aromatic N) is 5. The Balaban J connectivity index is 1.43. The Morgan fingerprint density at radius 2 is 1.80 bits per heavy atom. The van der Waals surface area contributed by atoms with Crippen molar-refractivity contribution in [3.8, 4) is 0 Å². The van der Waals surface area contributed by atoms with Gasteiger partial charge in [0, 0.05) is 62.1 Å². The monoisotopic (exact) mass is 475 g/mol. The molecule has 1 aliphatic heterocycles. The van der Waals surface area contributed by atoms with E-state index in [0.29, 0.717) is 38.4 Å². The number of amides is 1. The van der Waals surface area contributed by atoms with Gasteiger partial charge in [0.15, 0.2) is 0 Å². The number of benzene rings is 2. The van der Waals surface area contributed by atoms with Crippen LogP contribution in [0.4, 0.5) is 15.9 Å². The fourth-order valence-electron chi connectivity index (χ4n) is 4.16. The molecule has 1 aromatic heterocycles. The highest BCUT2D eigenvalue weighted by atomic mass is 19.1. The molecule has 180 valence electrons. The molecule has 0 saturated carbocycles. The molecule has 4 rings (SSSR count). The second-order valence-corrected chi connectivity index (χ2v) is 8.46. The van der Waals surface area contributed by atoms with E-state index in [0.717, 1.165) is 28.2 Å². The van der Waals surface area contributed by atoms with Gasteiger partial charge in [0.25, 0.3) is 5.69 Å². The van der Waals surface area contributed by atoms with Gasteiger partial charge in [0.1, 0.15) is 17.5 Å². The van der Waals surface area contributed by atoms with Crippen molar-refractivity contribution in [3.63, 3.8) is 0 Å². The van der Waals surface area contributed by atoms with Crippen LogP contribution in [0, 0.1) is 29.8 Å². The number of hydrogen-bond donors (Lipinski definition) is 0. The van der Waals surface area contributed by atoms with Gasteiger partial charge in [0.2, 0.25) is 5.91 Å². The van der Waals surface area contributed by atoms with E-state index >= 15 is 0 Å². The zero-order valence-corrected chi connectivity index (χ0v) is 19.6. The average Bonchev–Trinajstić information content (AvgIpc) is 2.84. The van der Waals surface area contributed by atoms with Crippen LogP contribution in [0.5, 0.6) is 0 Å². The molecule has 8 nitrogen and oxygen atoms in total. The molecule has 0 spiro atoms. The maximum atomic E-state index is 13.7. The summed E-state index contributed by atoms with van der Waals surface area (Å²) in [6, 6.07) is 12.6. The van der Waals surface area contributed by atoms with Crippen LogP contribution in [0.25, 0.3) is 6.08 Å². The van der Waals surface area contributed by atoms with Crippen molar-refractivity contribution < 1.29 is 14.1 Å². The van der Waals surface area contributed by atoms with E-state index in [2.05, 4.69) is 9.88 Å². The molecule has 1 fully saturated rings. The summed E-state index contributed by atoms with van der Waals surface area (Å²) in [5.74, 6) is 1.11. The Hall–Kier alpha value is -4.14. The van der Waals surface area contributed by atoms with Crippen molar-refractivity contribution in [2.24, 2.45) is 0 Å². The molecular formula is C26H26FN5O3. The highest BCUT2D eigenvalue weighted by Crippen LogP contribution is 2.25. The zero-order valence-electron chi connectivity index (χ0n) is 19.6. The standard InChI is InChI=1S/C26H26FN5O3/c1-18-24(17-21-4-3-5-22(27)16-21)26(29-19(2)28-18)31-14-12-30(13-15-31)25(33)11-8-20-6-9-23(10-7-20)32(34)35/h3-11,16H,12-15,17H2,1-2H3/b11-8+. The Bertz CT molecular complexity index is 1270. The molecule has 0 radical (unpaired) electrons. The third-order valence-electron chi connectivity index (χ3n) is 5.99. The number of hydrogen-bond acceptors (Lipinski definition) is 6. The van der Waals surface area contributed by atoms with Gasteiger partial charge in [-0.3, -0.25) is 14.9 Å². The molecule has 2 heterocycles. The van der Waals surface area contributed by atoms with Crippen LogP contribution in [0.15, 0.2) is 54.6 Å². The normalized spacial score (nSPS) is 13.9. The number of halogens is 1. The number of carbonyl (C=O) groups excluding carboxylic acids is 1. The summed E-state index contributed by atoms with van der Waals surface area (Å²) in [5.41, 5.74) is 3.40. The Morgan fingerprint density at radius 3 is 2.46 bits per heavy atom. The van der Waals surface area contributed by atoms with E-state index in [-0.39, 0.29) is 17.4 Å². The topological polar surface area (TPSA) is 92.5 Å². The third-order valence-corrected chi connectivity index (χ3v) is 5.99. The third kappa shape index (κ3) is 5.87. The number of aryl methyl sites for hydroxylation is 2.